The van der Waals surface area contributed by atoms with E-state index >= 15 is 0 Å². The van der Waals surface area contributed by atoms with Gasteiger partial charge in [0.05, 0.1) is 13.2 Å². The molecular weight excluding hydrogens is 232 g/mol. The summed E-state index contributed by atoms with van der Waals surface area (Å²) < 4.78 is 5.42. The second-order valence-electron chi connectivity index (χ2n) is 4.91. The van der Waals surface area contributed by atoms with Crippen LogP contribution in [-0.4, -0.2) is 55.2 Å². The highest BCUT2D eigenvalue weighted by molar-refractivity contribution is 7.09. The first-order valence-corrected chi connectivity index (χ1v) is 7.36. The normalized spacial score (nSPS) is 27.6. The molecule has 1 aromatic rings. The summed E-state index contributed by atoms with van der Waals surface area (Å²) in [5.41, 5.74) is 0. The molecule has 0 amide bonds. The molecule has 94 valence electrons. The van der Waals surface area contributed by atoms with Crippen LogP contribution in [0.2, 0.25) is 0 Å². The fourth-order valence-electron chi connectivity index (χ4n) is 2.82. The molecular formula is C13H20N2OS. The maximum absolute atomic E-state index is 5.42. The zero-order valence-corrected chi connectivity index (χ0v) is 11.0. The van der Waals surface area contributed by atoms with Crippen LogP contribution in [-0.2, 0) is 11.3 Å². The van der Waals surface area contributed by atoms with Crippen molar-refractivity contribution in [2.75, 3.05) is 39.4 Å². The Bertz CT molecular complexity index is 335. The van der Waals surface area contributed by atoms with E-state index in [4.69, 9.17) is 4.74 Å². The molecule has 17 heavy (non-hydrogen) atoms. The van der Waals surface area contributed by atoms with Gasteiger partial charge in [-0.05, 0) is 17.9 Å². The van der Waals surface area contributed by atoms with E-state index in [1.807, 2.05) is 11.3 Å². The van der Waals surface area contributed by atoms with Crippen LogP contribution in [0.1, 0.15) is 11.3 Å². The van der Waals surface area contributed by atoms with Gasteiger partial charge < -0.3 is 4.74 Å². The number of hydrogen-bond acceptors (Lipinski definition) is 4. The van der Waals surface area contributed by atoms with Crippen LogP contribution in [0.25, 0.3) is 0 Å². The van der Waals surface area contributed by atoms with E-state index in [-0.39, 0.29) is 0 Å². The molecule has 0 saturated carbocycles. The second-order valence-corrected chi connectivity index (χ2v) is 5.94. The maximum Gasteiger partial charge on any atom is 0.0594 e. The Hall–Kier alpha value is -0.420. The number of nitrogens with zero attached hydrogens (tertiary/aromatic N) is 2. The molecule has 1 atom stereocenters. The van der Waals surface area contributed by atoms with Crippen LogP contribution in [0.4, 0.5) is 0 Å². The highest BCUT2D eigenvalue weighted by Gasteiger charge is 2.28. The number of morpholine rings is 1. The Kier molecular flexibility index (Phi) is 3.76. The quantitative estimate of drug-likeness (QED) is 0.813. The van der Waals surface area contributed by atoms with Crippen molar-refractivity contribution < 1.29 is 4.74 Å². The summed E-state index contributed by atoms with van der Waals surface area (Å²) in [5.74, 6) is 0. The van der Waals surface area contributed by atoms with E-state index in [1.165, 1.54) is 24.4 Å². The molecule has 0 aromatic carbocycles. The molecule has 0 bridgehead atoms. The predicted octanol–water partition coefficient (Wildman–Crippen LogP) is 1.65. The molecule has 3 nitrogen and oxygen atoms in total. The van der Waals surface area contributed by atoms with Crippen LogP contribution in [0, 0.1) is 0 Å². The van der Waals surface area contributed by atoms with Crippen molar-refractivity contribution in [2.45, 2.75) is 19.0 Å². The molecule has 4 heteroatoms. The minimum atomic E-state index is 0.763. The van der Waals surface area contributed by atoms with E-state index in [0.29, 0.717) is 0 Å². The van der Waals surface area contributed by atoms with Gasteiger partial charge in [-0.15, -0.1) is 11.3 Å². The summed E-state index contributed by atoms with van der Waals surface area (Å²) in [6.45, 7) is 7.70. The van der Waals surface area contributed by atoms with Gasteiger partial charge in [0.25, 0.3) is 0 Å². The van der Waals surface area contributed by atoms with Crippen molar-refractivity contribution in [1.82, 2.24) is 9.80 Å². The lowest BCUT2D eigenvalue weighted by Gasteiger charge is -2.32. The molecule has 2 fully saturated rings. The van der Waals surface area contributed by atoms with Gasteiger partial charge in [-0.3, -0.25) is 9.80 Å². The third-order valence-electron chi connectivity index (χ3n) is 3.77. The van der Waals surface area contributed by atoms with Gasteiger partial charge >= 0.3 is 0 Å². The molecule has 1 unspecified atom stereocenters. The van der Waals surface area contributed by atoms with Crippen LogP contribution in [0.3, 0.4) is 0 Å². The first kappa shape index (κ1) is 11.7. The highest BCUT2D eigenvalue weighted by atomic mass is 32.1. The Morgan fingerprint density at radius 1 is 1.29 bits per heavy atom. The van der Waals surface area contributed by atoms with E-state index in [9.17, 15) is 0 Å². The number of hydrogen-bond donors (Lipinski definition) is 0. The number of rotatable bonds is 3. The highest BCUT2D eigenvalue weighted by Crippen LogP contribution is 2.20. The fraction of sp³-hybridized carbons (Fsp3) is 0.692. The molecule has 3 heterocycles. The van der Waals surface area contributed by atoms with E-state index < -0.39 is 0 Å². The van der Waals surface area contributed by atoms with Crippen LogP contribution in [0.5, 0.6) is 0 Å². The Morgan fingerprint density at radius 2 is 2.18 bits per heavy atom. The van der Waals surface area contributed by atoms with Crippen LogP contribution in [0.15, 0.2) is 17.5 Å². The van der Waals surface area contributed by atoms with Crippen molar-refractivity contribution in [2.24, 2.45) is 0 Å². The summed E-state index contributed by atoms with van der Waals surface area (Å²) in [7, 11) is 0. The second kappa shape index (κ2) is 5.48. The van der Waals surface area contributed by atoms with Gasteiger partial charge in [0, 0.05) is 43.6 Å². The van der Waals surface area contributed by atoms with Gasteiger partial charge in [-0.1, -0.05) is 6.07 Å². The Morgan fingerprint density at radius 3 is 2.94 bits per heavy atom. The Balaban J connectivity index is 1.51. The molecule has 3 rings (SSSR count). The van der Waals surface area contributed by atoms with Crippen molar-refractivity contribution in [3.63, 3.8) is 0 Å². The SMILES string of the molecule is c1csc(CN2CCC(N3CCOCC3)C2)c1. The summed E-state index contributed by atoms with van der Waals surface area (Å²) in [5, 5.41) is 2.17. The lowest BCUT2D eigenvalue weighted by atomic mass is 10.2. The molecule has 2 saturated heterocycles. The summed E-state index contributed by atoms with van der Waals surface area (Å²) in [6.07, 6.45) is 1.32. The van der Waals surface area contributed by atoms with Crippen LogP contribution >= 0.6 is 11.3 Å². The molecule has 0 aliphatic carbocycles. The zero-order valence-electron chi connectivity index (χ0n) is 10.2. The Labute approximate surface area is 107 Å². The van der Waals surface area contributed by atoms with E-state index in [1.54, 1.807) is 0 Å². The van der Waals surface area contributed by atoms with Crippen molar-refractivity contribution in [3.05, 3.63) is 22.4 Å². The average molecular weight is 252 g/mol. The third kappa shape index (κ3) is 2.88. The first-order valence-electron chi connectivity index (χ1n) is 6.48. The summed E-state index contributed by atoms with van der Waals surface area (Å²) >= 11 is 1.87. The lowest BCUT2D eigenvalue weighted by molar-refractivity contribution is 0.0184. The van der Waals surface area contributed by atoms with Crippen molar-refractivity contribution in [1.29, 1.82) is 0 Å². The zero-order chi connectivity index (χ0) is 11.5. The topological polar surface area (TPSA) is 15.7 Å². The minimum absolute atomic E-state index is 0.763. The largest absolute Gasteiger partial charge is 0.379 e. The summed E-state index contributed by atoms with van der Waals surface area (Å²) in [4.78, 5) is 6.69. The molecule has 2 aliphatic rings. The first-order chi connectivity index (χ1) is 8.42. The summed E-state index contributed by atoms with van der Waals surface area (Å²) in [6, 6.07) is 5.15. The predicted molar refractivity (Wildman–Crippen MR) is 70.4 cm³/mol. The van der Waals surface area contributed by atoms with E-state index in [2.05, 4.69) is 27.3 Å². The van der Waals surface area contributed by atoms with Gasteiger partial charge in [0.2, 0.25) is 0 Å². The molecule has 2 aliphatic heterocycles. The number of likely N-dealkylation sites (tertiary alicyclic amines) is 1. The molecule has 0 spiro atoms. The van der Waals surface area contributed by atoms with Crippen molar-refractivity contribution in [3.8, 4) is 0 Å². The van der Waals surface area contributed by atoms with Gasteiger partial charge in [-0.2, -0.15) is 0 Å². The van der Waals surface area contributed by atoms with Crippen LogP contribution < -0.4 is 0 Å². The fourth-order valence-corrected chi connectivity index (χ4v) is 3.57. The van der Waals surface area contributed by atoms with Gasteiger partial charge in [-0.25, -0.2) is 0 Å². The number of ether oxygens (including phenoxy) is 1. The monoisotopic (exact) mass is 252 g/mol. The molecule has 0 radical (unpaired) electrons. The standard InChI is InChI=1S/C13H20N2OS/c1-2-13(17-9-1)11-14-4-3-12(10-14)15-5-7-16-8-6-15/h1-2,9,12H,3-8,10-11H2. The van der Waals surface area contributed by atoms with Crippen molar-refractivity contribution >= 4 is 11.3 Å². The molecule has 1 aromatic heterocycles. The maximum atomic E-state index is 5.42. The molecule has 0 N–H and O–H groups in total. The smallest absolute Gasteiger partial charge is 0.0594 e. The third-order valence-corrected chi connectivity index (χ3v) is 4.63. The van der Waals surface area contributed by atoms with Gasteiger partial charge in [0.1, 0.15) is 0 Å². The van der Waals surface area contributed by atoms with E-state index in [0.717, 1.165) is 38.9 Å². The minimum Gasteiger partial charge on any atom is -0.379 e. The average Bonchev–Trinajstić information content (AvgIpc) is 3.02. The number of thiophene rings is 1. The lowest BCUT2D eigenvalue weighted by Crippen LogP contribution is -2.44. The van der Waals surface area contributed by atoms with Gasteiger partial charge in [0.15, 0.2) is 0 Å².